The summed E-state index contributed by atoms with van der Waals surface area (Å²) in [5.41, 5.74) is 0.0670. The first-order chi connectivity index (χ1) is 12.4. The molecule has 26 heavy (non-hydrogen) atoms. The summed E-state index contributed by atoms with van der Waals surface area (Å²) in [5.74, 6) is 1.02. The Bertz CT molecular complexity index is 861. The van der Waals surface area contributed by atoms with Crippen molar-refractivity contribution in [2.75, 3.05) is 18.5 Å². The van der Waals surface area contributed by atoms with E-state index < -0.39 is 10.2 Å². The van der Waals surface area contributed by atoms with Gasteiger partial charge in [0.1, 0.15) is 13.2 Å². The minimum atomic E-state index is -0.542. The number of fused-ring (bicyclic) bond motifs is 1. The van der Waals surface area contributed by atoms with Crippen LogP contribution in [0.4, 0.5) is 11.4 Å². The molecule has 0 fully saturated rings. The molecule has 0 saturated carbocycles. The number of nitrogens with one attached hydrogen (secondary N) is 1. The van der Waals surface area contributed by atoms with Crippen molar-refractivity contribution in [1.82, 2.24) is 0 Å². The van der Waals surface area contributed by atoms with E-state index in [0.29, 0.717) is 24.7 Å². The van der Waals surface area contributed by atoms with Crippen LogP contribution in [-0.4, -0.2) is 29.3 Å². The molecule has 1 aliphatic heterocycles. The Kier molecular flexibility index (Phi) is 5.53. The fourth-order valence-electron chi connectivity index (χ4n) is 2.31. The maximum atomic E-state index is 12.4. The Labute approximate surface area is 158 Å². The molecule has 1 N–H and O–H groups in total. The van der Waals surface area contributed by atoms with E-state index in [-0.39, 0.29) is 22.3 Å². The summed E-state index contributed by atoms with van der Waals surface area (Å²) in [5, 5.41) is 13.3. The van der Waals surface area contributed by atoms with E-state index in [2.05, 4.69) is 5.32 Å². The van der Waals surface area contributed by atoms with Gasteiger partial charge >= 0.3 is 0 Å². The van der Waals surface area contributed by atoms with Crippen molar-refractivity contribution in [3.05, 3.63) is 51.5 Å². The standard InChI is InChI=1S/C17H15ClN2O5S/c1-10(26-12-3-5-15-16(9-12)25-7-6-24-15)17(21)19-14-8-11(20(22)23)2-4-13(14)18/h2-5,8-10H,6-7H2,1H3,(H,19,21). The van der Waals surface area contributed by atoms with Crippen LogP contribution in [0.15, 0.2) is 41.3 Å². The number of thioether (sulfide) groups is 1. The van der Waals surface area contributed by atoms with Gasteiger partial charge in [0.25, 0.3) is 5.69 Å². The number of halogens is 1. The highest BCUT2D eigenvalue weighted by Gasteiger charge is 2.19. The molecule has 1 amide bonds. The van der Waals surface area contributed by atoms with Gasteiger partial charge < -0.3 is 14.8 Å². The number of nitro benzene ring substituents is 1. The van der Waals surface area contributed by atoms with Crippen LogP contribution in [0.5, 0.6) is 11.5 Å². The monoisotopic (exact) mass is 394 g/mol. The molecule has 1 unspecified atom stereocenters. The van der Waals surface area contributed by atoms with Crippen molar-refractivity contribution in [1.29, 1.82) is 0 Å². The van der Waals surface area contributed by atoms with Gasteiger partial charge in [0.15, 0.2) is 11.5 Å². The maximum Gasteiger partial charge on any atom is 0.271 e. The van der Waals surface area contributed by atoms with Gasteiger partial charge in [-0.25, -0.2) is 0 Å². The molecule has 2 aromatic carbocycles. The summed E-state index contributed by atoms with van der Waals surface area (Å²) in [6, 6.07) is 9.38. The van der Waals surface area contributed by atoms with Crippen molar-refractivity contribution in [3.63, 3.8) is 0 Å². The van der Waals surface area contributed by atoms with Crippen LogP contribution >= 0.6 is 23.4 Å². The second-order valence-electron chi connectivity index (χ2n) is 5.48. The summed E-state index contributed by atoms with van der Waals surface area (Å²) in [6.07, 6.45) is 0. The second kappa shape index (κ2) is 7.84. The minimum Gasteiger partial charge on any atom is -0.486 e. The minimum absolute atomic E-state index is 0.142. The van der Waals surface area contributed by atoms with E-state index in [4.69, 9.17) is 21.1 Å². The Hall–Kier alpha value is -2.45. The summed E-state index contributed by atoms with van der Waals surface area (Å²) < 4.78 is 11.0. The zero-order chi connectivity index (χ0) is 18.7. The fourth-order valence-corrected chi connectivity index (χ4v) is 3.37. The summed E-state index contributed by atoms with van der Waals surface area (Å²) in [6.45, 7) is 2.74. The predicted molar refractivity (Wildman–Crippen MR) is 99.5 cm³/mol. The predicted octanol–water partition coefficient (Wildman–Crippen LogP) is 4.14. The van der Waals surface area contributed by atoms with Crippen molar-refractivity contribution in [3.8, 4) is 11.5 Å². The highest BCUT2D eigenvalue weighted by molar-refractivity contribution is 8.00. The molecule has 0 saturated heterocycles. The summed E-state index contributed by atoms with van der Waals surface area (Å²) >= 11 is 7.35. The lowest BCUT2D eigenvalue weighted by Crippen LogP contribution is -2.22. The van der Waals surface area contributed by atoms with Crippen LogP contribution in [0.1, 0.15) is 6.92 Å². The lowest BCUT2D eigenvalue weighted by atomic mass is 10.2. The molecule has 1 atom stereocenters. The van der Waals surface area contributed by atoms with Gasteiger partial charge in [0, 0.05) is 17.0 Å². The molecule has 0 bridgehead atoms. The number of hydrogen-bond donors (Lipinski definition) is 1. The number of amides is 1. The molecule has 136 valence electrons. The van der Waals surface area contributed by atoms with Crippen molar-refractivity contribution in [2.45, 2.75) is 17.1 Å². The average Bonchev–Trinajstić information content (AvgIpc) is 2.63. The lowest BCUT2D eigenvalue weighted by Gasteiger charge is -2.19. The topological polar surface area (TPSA) is 90.7 Å². The Morgan fingerprint density at radius 3 is 2.69 bits per heavy atom. The van der Waals surface area contributed by atoms with Crippen molar-refractivity contribution >= 4 is 40.6 Å². The van der Waals surface area contributed by atoms with Crippen LogP contribution in [0.2, 0.25) is 5.02 Å². The SMILES string of the molecule is CC(Sc1ccc2c(c1)OCCO2)C(=O)Nc1cc([N+](=O)[O-])ccc1Cl. The Morgan fingerprint density at radius 1 is 1.23 bits per heavy atom. The molecule has 0 aliphatic carbocycles. The van der Waals surface area contributed by atoms with Gasteiger partial charge in [-0.1, -0.05) is 11.6 Å². The third-order valence-corrected chi connectivity index (χ3v) is 5.04. The highest BCUT2D eigenvalue weighted by atomic mass is 35.5. The molecule has 0 spiro atoms. The summed E-state index contributed by atoms with van der Waals surface area (Å²) in [7, 11) is 0. The van der Waals surface area contributed by atoms with Gasteiger partial charge in [0.05, 0.1) is 20.9 Å². The molecule has 9 heteroatoms. The number of nitrogens with zero attached hydrogens (tertiary/aromatic N) is 1. The Morgan fingerprint density at radius 2 is 1.96 bits per heavy atom. The smallest absolute Gasteiger partial charge is 0.271 e. The quantitative estimate of drug-likeness (QED) is 0.465. The molecule has 1 heterocycles. The fraction of sp³-hybridized carbons (Fsp3) is 0.235. The van der Waals surface area contributed by atoms with Gasteiger partial charge in [-0.05, 0) is 31.2 Å². The van der Waals surface area contributed by atoms with Crippen LogP contribution < -0.4 is 14.8 Å². The molecule has 3 rings (SSSR count). The van der Waals surface area contributed by atoms with Crippen molar-refractivity contribution < 1.29 is 19.2 Å². The first-order valence-corrected chi connectivity index (χ1v) is 9.01. The summed E-state index contributed by atoms with van der Waals surface area (Å²) in [4.78, 5) is 23.6. The lowest BCUT2D eigenvalue weighted by molar-refractivity contribution is -0.384. The Balaban J connectivity index is 1.68. The van der Waals surface area contributed by atoms with Gasteiger partial charge in [-0.2, -0.15) is 0 Å². The number of rotatable bonds is 5. The molecule has 2 aromatic rings. The van der Waals surface area contributed by atoms with Crippen LogP contribution in [0.3, 0.4) is 0 Å². The van der Waals surface area contributed by atoms with E-state index in [9.17, 15) is 14.9 Å². The third kappa shape index (κ3) is 4.20. The number of carbonyl (C=O) groups excluding carboxylic acids is 1. The van der Waals surface area contributed by atoms with E-state index in [1.165, 1.54) is 30.0 Å². The van der Waals surface area contributed by atoms with Crippen LogP contribution in [0.25, 0.3) is 0 Å². The second-order valence-corrected chi connectivity index (χ2v) is 7.30. The number of carbonyl (C=O) groups is 1. The zero-order valence-corrected chi connectivity index (χ0v) is 15.3. The molecular weight excluding hydrogens is 380 g/mol. The van der Waals surface area contributed by atoms with E-state index in [1.54, 1.807) is 13.0 Å². The zero-order valence-electron chi connectivity index (χ0n) is 13.7. The molecule has 0 aromatic heterocycles. The number of non-ortho nitro benzene ring substituents is 1. The van der Waals surface area contributed by atoms with Crippen LogP contribution in [-0.2, 0) is 4.79 Å². The van der Waals surface area contributed by atoms with E-state index in [1.807, 2.05) is 12.1 Å². The van der Waals surface area contributed by atoms with Crippen molar-refractivity contribution in [2.24, 2.45) is 0 Å². The molecule has 1 aliphatic rings. The van der Waals surface area contributed by atoms with Gasteiger partial charge in [0.2, 0.25) is 5.91 Å². The first kappa shape index (κ1) is 18.3. The van der Waals surface area contributed by atoms with Crippen LogP contribution in [0, 0.1) is 10.1 Å². The number of hydrogen-bond acceptors (Lipinski definition) is 6. The highest BCUT2D eigenvalue weighted by Crippen LogP contribution is 2.36. The number of ether oxygens (including phenoxy) is 2. The van der Waals surface area contributed by atoms with Gasteiger partial charge in [-0.3, -0.25) is 14.9 Å². The largest absolute Gasteiger partial charge is 0.486 e. The average molecular weight is 395 g/mol. The molecule has 7 nitrogen and oxygen atoms in total. The number of nitro groups is 1. The first-order valence-electron chi connectivity index (χ1n) is 7.75. The number of benzene rings is 2. The van der Waals surface area contributed by atoms with E-state index >= 15 is 0 Å². The van der Waals surface area contributed by atoms with E-state index in [0.717, 1.165) is 4.90 Å². The number of anilines is 1. The normalized spacial score (nSPS) is 13.8. The van der Waals surface area contributed by atoms with Gasteiger partial charge in [-0.15, -0.1) is 11.8 Å². The molecule has 0 radical (unpaired) electrons. The maximum absolute atomic E-state index is 12.4. The molecular formula is C17H15ClN2O5S. The third-order valence-electron chi connectivity index (χ3n) is 3.61.